The minimum Gasteiger partial charge on any atom is -0.397 e. The van der Waals surface area contributed by atoms with Crippen LogP contribution in [0.1, 0.15) is 0 Å². The second-order valence-electron chi connectivity index (χ2n) is 4.92. The van der Waals surface area contributed by atoms with E-state index < -0.39 is 15.2 Å². The van der Waals surface area contributed by atoms with Gasteiger partial charge in [-0.05, 0) is 12.1 Å². The van der Waals surface area contributed by atoms with Crippen LogP contribution in [0.25, 0.3) is 10.9 Å². The Morgan fingerprint density at radius 3 is 3.05 bits per heavy atom. The fraction of sp³-hybridized carbons (Fsp3) is 0.417. The van der Waals surface area contributed by atoms with Crippen molar-refractivity contribution in [3.8, 4) is 0 Å². The molecule has 1 atom stereocenters. The molecule has 1 unspecified atom stereocenters. The van der Waals surface area contributed by atoms with Crippen molar-refractivity contribution in [1.82, 2.24) is 10.2 Å². The first kappa shape index (κ1) is 13.6. The molecule has 3 N–H and O–H groups in total. The third kappa shape index (κ3) is 2.33. The molecule has 6 nitrogen and oxygen atoms in total. The fourth-order valence-electron chi connectivity index (χ4n) is 2.46. The maximum absolute atomic E-state index is 12.0. The first-order valence-electron chi connectivity index (χ1n) is 6.22. The van der Waals surface area contributed by atoms with Gasteiger partial charge >= 0.3 is 0 Å². The Bertz CT molecular complexity index is 741. The second-order valence-corrected chi connectivity index (χ2v) is 8.27. The number of nitrogens with two attached hydrogens (primary N) is 1. The number of hydrogen-bond donors (Lipinski definition) is 2. The molecule has 0 radical (unpaired) electrons. The van der Waals surface area contributed by atoms with Crippen molar-refractivity contribution in [3.05, 3.63) is 18.3 Å². The van der Waals surface area contributed by atoms with Crippen molar-refractivity contribution in [3.63, 3.8) is 0 Å². The third-order valence-electron chi connectivity index (χ3n) is 3.48. The molecule has 1 fully saturated rings. The molecule has 0 amide bonds. The molecule has 108 valence electrons. The number of H-pyrrole nitrogens is 1. The van der Waals surface area contributed by atoms with Gasteiger partial charge in [-0.2, -0.15) is 16.9 Å². The minimum absolute atomic E-state index is 0.524. The smallest absolute Gasteiger partial charge is 0.169 e. The highest BCUT2D eigenvalue weighted by molar-refractivity contribution is 8.01. The molecule has 2 aromatic rings. The average Bonchev–Trinajstić information content (AvgIpc) is 2.84. The number of thioether (sulfide) groups is 1. The van der Waals surface area contributed by atoms with Crippen LogP contribution in [0.15, 0.2) is 18.3 Å². The summed E-state index contributed by atoms with van der Waals surface area (Å²) in [5.41, 5.74) is 8.30. The number of fused-ring (bicyclic) bond motifs is 1. The van der Waals surface area contributed by atoms with Crippen LogP contribution in [-0.4, -0.2) is 48.3 Å². The molecule has 1 aliphatic rings. The van der Waals surface area contributed by atoms with Gasteiger partial charge in [-0.25, -0.2) is 8.42 Å². The van der Waals surface area contributed by atoms with E-state index in [-0.39, 0.29) is 0 Å². The van der Waals surface area contributed by atoms with Gasteiger partial charge in [-0.3, -0.25) is 5.10 Å². The maximum Gasteiger partial charge on any atom is 0.169 e. The lowest BCUT2D eigenvalue weighted by molar-refractivity contribution is 0.584. The number of hydrogen-bond acceptors (Lipinski definition) is 6. The summed E-state index contributed by atoms with van der Waals surface area (Å²) < 4.78 is 24.0. The Kier molecular flexibility index (Phi) is 3.29. The predicted octanol–water partition coefficient (Wildman–Crippen LogP) is 1.07. The number of sulfone groups is 1. The Morgan fingerprint density at radius 1 is 1.50 bits per heavy atom. The summed E-state index contributed by atoms with van der Waals surface area (Å²) in [6.45, 7) is 0.673. The number of anilines is 2. The van der Waals surface area contributed by atoms with Crippen LogP contribution in [0.2, 0.25) is 0 Å². The summed E-state index contributed by atoms with van der Waals surface area (Å²) in [6, 6.07) is 3.71. The van der Waals surface area contributed by atoms with Crippen LogP contribution >= 0.6 is 11.8 Å². The zero-order valence-corrected chi connectivity index (χ0v) is 12.7. The molecular formula is C12H16N4O2S2. The molecule has 1 aromatic heterocycles. The highest BCUT2D eigenvalue weighted by Gasteiger charge is 2.32. The van der Waals surface area contributed by atoms with E-state index >= 15 is 0 Å². The Hall–Kier alpha value is -1.41. The molecule has 1 saturated heterocycles. The lowest BCUT2D eigenvalue weighted by Crippen LogP contribution is -2.47. The number of aromatic nitrogens is 2. The molecule has 1 aromatic carbocycles. The Balaban J connectivity index is 2.09. The molecule has 0 spiro atoms. The van der Waals surface area contributed by atoms with E-state index in [2.05, 4.69) is 10.2 Å². The number of aromatic amines is 1. The van der Waals surface area contributed by atoms with E-state index in [1.165, 1.54) is 6.26 Å². The van der Waals surface area contributed by atoms with Crippen LogP contribution in [0.5, 0.6) is 0 Å². The third-order valence-corrected chi connectivity index (χ3v) is 6.12. The quantitative estimate of drug-likeness (QED) is 0.806. The zero-order valence-electron chi connectivity index (χ0n) is 11.0. The normalized spacial score (nSPS) is 20.4. The lowest BCUT2D eigenvalue weighted by atomic mass is 10.2. The van der Waals surface area contributed by atoms with Gasteiger partial charge in [0.25, 0.3) is 0 Å². The fourth-order valence-corrected chi connectivity index (χ4v) is 5.29. The van der Waals surface area contributed by atoms with Gasteiger partial charge in [-0.15, -0.1) is 0 Å². The van der Waals surface area contributed by atoms with E-state index in [0.717, 1.165) is 22.3 Å². The predicted molar refractivity (Wildman–Crippen MR) is 83.8 cm³/mol. The van der Waals surface area contributed by atoms with Crippen LogP contribution < -0.4 is 10.6 Å². The molecule has 0 saturated carbocycles. The van der Waals surface area contributed by atoms with Gasteiger partial charge in [-0.1, -0.05) is 0 Å². The summed E-state index contributed by atoms with van der Waals surface area (Å²) in [6.07, 6.45) is 2.98. The van der Waals surface area contributed by atoms with Crippen molar-refractivity contribution in [1.29, 1.82) is 0 Å². The van der Waals surface area contributed by atoms with Gasteiger partial charge in [0, 0.05) is 29.7 Å². The maximum atomic E-state index is 12.0. The number of nitrogens with one attached hydrogen (secondary N) is 1. The first-order valence-corrected chi connectivity index (χ1v) is 9.33. The SMILES string of the molecule is CS(=O)(=O)C1CSCCN1c1cc2[nH]ncc2cc1N. The highest BCUT2D eigenvalue weighted by Crippen LogP contribution is 2.33. The summed E-state index contributed by atoms with van der Waals surface area (Å²) in [4.78, 5) is 1.89. The molecular weight excluding hydrogens is 296 g/mol. The molecule has 8 heteroatoms. The van der Waals surface area contributed by atoms with Crippen molar-refractivity contribution < 1.29 is 8.42 Å². The number of benzene rings is 1. The average molecular weight is 312 g/mol. The minimum atomic E-state index is -3.16. The van der Waals surface area contributed by atoms with Crippen LogP contribution in [-0.2, 0) is 9.84 Å². The molecule has 0 bridgehead atoms. The summed E-state index contributed by atoms with van der Waals surface area (Å²) in [7, 11) is -3.16. The van der Waals surface area contributed by atoms with Crippen molar-refractivity contribution in [2.75, 3.05) is 34.9 Å². The summed E-state index contributed by atoms with van der Waals surface area (Å²) >= 11 is 1.66. The van der Waals surface area contributed by atoms with Gasteiger partial charge in [0.2, 0.25) is 0 Å². The van der Waals surface area contributed by atoms with Crippen LogP contribution in [0, 0.1) is 0 Å². The standard InChI is InChI=1S/C12H16N4O2S2/c1-20(17,18)12-7-19-3-2-16(12)11-5-10-8(4-9(11)13)6-14-15-10/h4-6,12H,2-3,7,13H2,1H3,(H,14,15). The van der Waals surface area contributed by atoms with E-state index in [4.69, 9.17) is 5.73 Å². The topological polar surface area (TPSA) is 92.1 Å². The van der Waals surface area contributed by atoms with Gasteiger partial charge in [0.05, 0.1) is 23.1 Å². The largest absolute Gasteiger partial charge is 0.397 e. The van der Waals surface area contributed by atoms with Crippen molar-refractivity contribution in [2.45, 2.75) is 5.37 Å². The van der Waals surface area contributed by atoms with Crippen molar-refractivity contribution >= 4 is 43.9 Å². The van der Waals surface area contributed by atoms with Gasteiger partial charge in [0.1, 0.15) is 5.37 Å². The second kappa shape index (κ2) is 4.85. The van der Waals surface area contributed by atoms with Gasteiger partial charge < -0.3 is 10.6 Å². The monoisotopic (exact) mass is 312 g/mol. The first-order chi connectivity index (χ1) is 9.47. The van der Waals surface area contributed by atoms with Crippen molar-refractivity contribution in [2.24, 2.45) is 0 Å². The number of rotatable bonds is 2. The zero-order chi connectivity index (χ0) is 14.3. The van der Waals surface area contributed by atoms with Gasteiger partial charge in [0.15, 0.2) is 9.84 Å². The molecule has 0 aliphatic carbocycles. The molecule has 1 aliphatic heterocycles. The van der Waals surface area contributed by atoms with E-state index in [1.54, 1.807) is 18.0 Å². The number of nitrogen functional groups attached to an aromatic ring is 1. The van der Waals surface area contributed by atoms with E-state index in [0.29, 0.717) is 18.0 Å². The lowest BCUT2D eigenvalue weighted by Gasteiger charge is -2.36. The summed E-state index contributed by atoms with van der Waals surface area (Å²) in [5.74, 6) is 1.46. The molecule has 3 rings (SSSR count). The molecule has 2 heterocycles. The Morgan fingerprint density at radius 2 is 2.30 bits per heavy atom. The Labute approximate surface area is 121 Å². The number of nitrogens with zero attached hydrogens (tertiary/aromatic N) is 2. The van der Waals surface area contributed by atoms with Crippen LogP contribution in [0.4, 0.5) is 11.4 Å². The molecule has 20 heavy (non-hydrogen) atoms. The van der Waals surface area contributed by atoms with Crippen LogP contribution in [0.3, 0.4) is 0 Å². The van der Waals surface area contributed by atoms with E-state index in [9.17, 15) is 8.42 Å². The highest BCUT2D eigenvalue weighted by atomic mass is 32.2. The van der Waals surface area contributed by atoms with E-state index in [1.807, 2.05) is 17.0 Å². The summed E-state index contributed by atoms with van der Waals surface area (Å²) in [5, 5.41) is 7.27.